The van der Waals surface area contributed by atoms with E-state index in [1.54, 1.807) is 6.07 Å². The fraction of sp³-hybridized carbons (Fsp3) is 0.533. The summed E-state index contributed by atoms with van der Waals surface area (Å²) in [6.07, 6.45) is 1.99. The molecule has 1 aromatic carbocycles. The fourth-order valence-corrected chi connectivity index (χ4v) is 2.53. The van der Waals surface area contributed by atoms with E-state index in [1.165, 1.54) is 0 Å². The summed E-state index contributed by atoms with van der Waals surface area (Å²) >= 11 is 0. The molecule has 1 fully saturated rings. The fourth-order valence-electron chi connectivity index (χ4n) is 2.53. The topological polar surface area (TPSA) is 76.7 Å². The van der Waals surface area contributed by atoms with Crippen molar-refractivity contribution < 1.29 is 14.9 Å². The van der Waals surface area contributed by atoms with E-state index in [4.69, 9.17) is 14.9 Å². The van der Waals surface area contributed by atoms with E-state index >= 15 is 0 Å². The van der Waals surface area contributed by atoms with Gasteiger partial charge in [0.1, 0.15) is 6.07 Å². The lowest BCUT2D eigenvalue weighted by atomic mass is 10.0. The first-order valence-corrected chi connectivity index (χ1v) is 6.89. The Balaban J connectivity index is 2.02. The molecule has 1 aliphatic heterocycles. The normalized spacial score (nSPS) is 16.1. The molecule has 1 heterocycles. The third-order valence-electron chi connectivity index (χ3n) is 3.59. The minimum Gasteiger partial charge on any atom is -0.394 e. The van der Waals surface area contributed by atoms with Crippen LogP contribution in [0.25, 0.3) is 0 Å². The first-order chi connectivity index (χ1) is 9.78. The molecule has 20 heavy (non-hydrogen) atoms. The van der Waals surface area contributed by atoms with Gasteiger partial charge in [0.05, 0.1) is 37.2 Å². The molecule has 0 bridgehead atoms. The highest BCUT2D eigenvalue weighted by atomic mass is 16.5. The van der Waals surface area contributed by atoms with Gasteiger partial charge in [0.15, 0.2) is 0 Å². The summed E-state index contributed by atoms with van der Waals surface area (Å²) in [4.78, 5) is 2.18. The van der Waals surface area contributed by atoms with E-state index < -0.39 is 0 Å². The zero-order valence-corrected chi connectivity index (χ0v) is 11.5. The Kier molecular flexibility index (Phi) is 5.36. The number of hydrogen-bond donors (Lipinski definition) is 2. The van der Waals surface area contributed by atoms with E-state index in [0.29, 0.717) is 12.2 Å². The Morgan fingerprint density at radius 1 is 1.30 bits per heavy atom. The first-order valence-electron chi connectivity index (χ1n) is 6.89. The average Bonchev–Trinajstić information content (AvgIpc) is 2.52. The lowest BCUT2D eigenvalue weighted by molar-refractivity contribution is 0.0159. The predicted molar refractivity (Wildman–Crippen MR) is 75.4 cm³/mol. The molecule has 1 aliphatic rings. The van der Waals surface area contributed by atoms with E-state index in [9.17, 15) is 5.26 Å². The van der Waals surface area contributed by atoms with Gasteiger partial charge < -0.3 is 19.8 Å². The lowest BCUT2D eigenvalue weighted by Gasteiger charge is -2.34. The number of rotatable bonds is 5. The molecule has 5 heteroatoms. The minimum absolute atomic E-state index is 0.0496. The summed E-state index contributed by atoms with van der Waals surface area (Å²) in [6.45, 7) is 2.07. The van der Waals surface area contributed by atoms with Crippen LogP contribution in [0.3, 0.4) is 0 Å². The molecule has 108 valence electrons. The van der Waals surface area contributed by atoms with Crippen LogP contribution in [0.4, 0.5) is 5.69 Å². The highest BCUT2D eigenvalue weighted by molar-refractivity contribution is 5.60. The number of aliphatic hydroxyl groups is 2. The molecule has 5 nitrogen and oxygen atoms in total. The molecular weight excluding hydrogens is 256 g/mol. The summed E-state index contributed by atoms with van der Waals surface area (Å²) in [5.74, 6) is 0. The highest BCUT2D eigenvalue weighted by Crippen LogP contribution is 2.25. The molecular formula is C15H20N2O3. The van der Waals surface area contributed by atoms with Crippen molar-refractivity contribution in [3.05, 3.63) is 29.3 Å². The van der Waals surface area contributed by atoms with Gasteiger partial charge in [0.2, 0.25) is 0 Å². The largest absolute Gasteiger partial charge is 0.394 e. The van der Waals surface area contributed by atoms with E-state index in [2.05, 4.69) is 11.0 Å². The number of ether oxygens (including phenoxy) is 1. The Morgan fingerprint density at radius 3 is 2.65 bits per heavy atom. The Hall–Kier alpha value is -1.61. The molecule has 1 saturated heterocycles. The van der Waals surface area contributed by atoms with Gasteiger partial charge in [-0.25, -0.2) is 0 Å². The second kappa shape index (κ2) is 7.25. The van der Waals surface area contributed by atoms with Crippen LogP contribution in [0.2, 0.25) is 0 Å². The molecule has 0 atom stereocenters. The third kappa shape index (κ3) is 3.48. The molecule has 0 saturated carbocycles. The summed E-state index contributed by atoms with van der Waals surface area (Å²) in [5, 5.41) is 27.1. The summed E-state index contributed by atoms with van der Waals surface area (Å²) in [7, 11) is 0. The second-order valence-electron chi connectivity index (χ2n) is 4.90. The SMILES string of the molecule is N#Cc1cc(CO)ccc1N1CCC(OCCO)CC1. The molecule has 0 spiro atoms. The van der Waals surface area contributed by atoms with Crippen molar-refractivity contribution in [2.45, 2.75) is 25.6 Å². The highest BCUT2D eigenvalue weighted by Gasteiger charge is 2.21. The molecule has 2 N–H and O–H groups in total. The van der Waals surface area contributed by atoms with Crippen LogP contribution in [-0.4, -0.2) is 42.6 Å². The van der Waals surface area contributed by atoms with Crippen molar-refractivity contribution in [3.63, 3.8) is 0 Å². The predicted octanol–water partition coefficient (Wildman–Crippen LogP) is 1.03. The molecule has 2 rings (SSSR count). The van der Waals surface area contributed by atoms with Crippen LogP contribution in [0.15, 0.2) is 18.2 Å². The monoisotopic (exact) mass is 276 g/mol. The van der Waals surface area contributed by atoms with Gasteiger partial charge in [-0.1, -0.05) is 6.07 Å². The summed E-state index contributed by atoms with van der Waals surface area (Å²) in [5.41, 5.74) is 2.28. The number of anilines is 1. The number of nitriles is 1. The standard InChI is InChI=1S/C15H20N2O3/c16-10-13-9-12(11-19)1-2-15(13)17-5-3-14(4-6-17)20-8-7-18/h1-2,9,14,18-19H,3-8,11H2. The Bertz CT molecular complexity index is 476. The maximum absolute atomic E-state index is 9.23. The average molecular weight is 276 g/mol. The van der Waals surface area contributed by atoms with Crippen molar-refractivity contribution in [2.24, 2.45) is 0 Å². The van der Waals surface area contributed by atoms with Crippen molar-refractivity contribution >= 4 is 5.69 Å². The van der Waals surface area contributed by atoms with Crippen LogP contribution in [-0.2, 0) is 11.3 Å². The van der Waals surface area contributed by atoms with Crippen LogP contribution < -0.4 is 4.90 Å². The van der Waals surface area contributed by atoms with Crippen molar-refractivity contribution in [3.8, 4) is 6.07 Å². The molecule has 0 unspecified atom stereocenters. The number of piperidine rings is 1. The molecule has 0 aliphatic carbocycles. The maximum atomic E-state index is 9.23. The number of nitrogens with zero attached hydrogens (tertiary/aromatic N) is 2. The zero-order chi connectivity index (χ0) is 14.4. The van der Waals surface area contributed by atoms with Gasteiger partial charge in [-0.05, 0) is 30.5 Å². The molecule has 1 aromatic rings. The third-order valence-corrected chi connectivity index (χ3v) is 3.59. The Labute approximate surface area is 119 Å². The van der Waals surface area contributed by atoms with Gasteiger partial charge >= 0.3 is 0 Å². The summed E-state index contributed by atoms with van der Waals surface area (Å²) < 4.78 is 5.53. The van der Waals surface area contributed by atoms with Gasteiger partial charge in [0.25, 0.3) is 0 Å². The lowest BCUT2D eigenvalue weighted by Crippen LogP contribution is -2.37. The zero-order valence-electron chi connectivity index (χ0n) is 11.5. The maximum Gasteiger partial charge on any atom is 0.101 e. The summed E-state index contributed by atoms with van der Waals surface area (Å²) in [6, 6.07) is 7.69. The van der Waals surface area contributed by atoms with Crippen LogP contribution in [0.5, 0.6) is 0 Å². The quantitative estimate of drug-likeness (QED) is 0.840. The number of benzene rings is 1. The molecule has 0 aromatic heterocycles. The van der Waals surface area contributed by atoms with E-state index in [0.717, 1.165) is 37.2 Å². The van der Waals surface area contributed by atoms with Crippen LogP contribution >= 0.6 is 0 Å². The van der Waals surface area contributed by atoms with Gasteiger partial charge in [-0.3, -0.25) is 0 Å². The molecule has 0 radical (unpaired) electrons. The van der Waals surface area contributed by atoms with Crippen LogP contribution in [0.1, 0.15) is 24.0 Å². The van der Waals surface area contributed by atoms with Gasteiger partial charge in [-0.2, -0.15) is 5.26 Å². The smallest absolute Gasteiger partial charge is 0.101 e. The van der Waals surface area contributed by atoms with Crippen molar-refractivity contribution in [1.29, 1.82) is 5.26 Å². The van der Waals surface area contributed by atoms with Gasteiger partial charge in [0, 0.05) is 13.1 Å². The van der Waals surface area contributed by atoms with Gasteiger partial charge in [-0.15, -0.1) is 0 Å². The van der Waals surface area contributed by atoms with Crippen LogP contribution in [0, 0.1) is 11.3 Å². The Morgan fingerprint density at radius 2 is 2.05 bits per heavy atom. The molecule has 0 amide bonds. The van der Waals surface area contributed by atoms with Crippen molar-refractivity contribution in [2.75, 3.05) is 31.2 Å². The first kappa shape index (κ1) is 14.8. The number of hydrogen-bond acceptors (Lipinski definition) is 5. The van der Waals surface area contributed by atoms with Crippen molar-refractivity contribution in [1.82, 2.24) is 0 Å². The van der Waals surface area contributed by atoms with E-state index in [1.807, 2.05) is 12.1 Å². The van der Waals surface area contributed by atoms with E-state index in [-0.39, 0.29) is 19.3 Å². The minimum atomic E-state index is -0.0496. The second-order valence-corrected chi connectivity index (χ2v) is 4.90. The number of aliphatic hydroxyl groups excluding tert-OH is 2.